The van der Waals surface area contributed by atoms with Crippen LogP contribution in [-0.4, -0.2) is 12.8 Å². The van der Waals surface area contributed by atoms with Crippen molar-refractivity contribution in [2.24, 2.45) is 10.9 Å². The quantitative estimate of drug-likeness (QED) is 0.677. The summed E-state index contributed by atoms with van der Waals surface area (Å²) in [6.07, 6.45) is 2.25. The maximum absolute atomic E-state index is 4.23. The van der Waals surface area contributed by atoms with E-state index in [1.165, 1.54) is 22.4 Å². The number of hydrogen-bond donors (Lipinski definition) is 0. The molecule has 1 heteroatoms. The third-order valence-corrected chi connectivity index (χ3v) is 3.10. The lowest BCUT2D eigenvalue weighted by molar-refractivity contribution is 0.602. The summed E-state index contributed by atoms with van der Waals surface area (Å²) >= 11 is 0. The van der Waals surface area contributed by atoms with Crippen LogP contribution in [0.5, 0.6) is 0 Å². The molecule has 0 aliphatic rings. The van der Waals surface area contributed by atoms with Crippen LogP contribution in [0.1, 0.15) is 37.0 Å². The summed E-state index contributed by atoms with van der Waals surface area (Å²) in [5.41, 5.74) is 5.49. The van der Waals surface area contributed by atoms with Crippen LogP contribution >= 0.6 is 0 Å². The molecule has 1 aromatic carbocycles. The monoisotopic (exact) mass is 217 g/mol. The van der Waals surface area contributed by atoms with Crippen molar-refractivity contribution in [3.63, 3.8) is 0 Å². The lowest BCUT2D eigenvalue weighted by atomic mass is 9.93. The van der Waals surface area contributed by atoms with E-state index < -0.39 is 0 Å². The van der Waals surface area contributed by atoms with E-state index in [0.29, 0.717) is 5.92 Å². The van der Waals surface area contributed by atoms with E-state index in [-0.39, 0.29) is 0 Å². The maximum Gasteiger partial charge on any atom is 0.0276 e. The molecule has 0 heterocycles. The molecule has 1 aromatic rings. The fourth-order valence-electron chi connectivity index (χ4n) is 2.06. The van der Waals surface area contributed by atoms with E-state index >= 15 is 0 Å². The van der Waals surface area contributed by atoms with Gasteiger partial charge in [-0.05, 0) is 50.7 Å². The predicted octanol–water partition coefficient (Wildman–Crippen LogP) is 3.96. The summed E-state index contributed by atoms with van der Waals surface area (Å²) in [5.74, 6) is 0.671. The number of nitrogens with zero attached hydrogens (tertiary/aromatic N) is 1. The van der Waals surface area contributed by atoms with Crippen LogP contribution in [0.2, 0.25) is 0 Å². The lowest BCUT2D eigenvalue weighted by Gasteiger charge is -2.13. The Hall–Kier alpha value is -1.11. The highest BCUT2D eigenvalue weighted by molar-refractivity contribution is 5.81. The molecular formula is C15H23N. The molecule has 16 heavy (non-hydrogen) atoms. The third kappa shape index (κ3) is 3.80. The molecule has 1 unspecified atom stereocenters. The first kappa shape index (κ1) is 13.0. The van der Waals surface area contributed by atoms with Gasteiger partial charge in [0.15, 0.2) is 0 Å². The molecule has 0 amide bonds. The average molecular weight is 217 g/mol. The lowest BCUT2D eigenvalue weighted by Crippen LogP contribution is -2.06. The smallest absolute Gasteiger partial charge is 0.0276 e. The number of aliphatic imine (C=N–C) groups is 1. The van der Waals surface area contributed by atoms with Crippen LogP contribution in [-0.2, 0) is 6.42 Å². The molecule has 1 atom stereocenters. The molecule has 0 aliphatic heterocycles. The second-order valence-corrected chi connectivity index (χ2v) is 4.90. The third-order valence-electron chi connectivity index (χ3n) is 3.10. The van der Waals surface area contributed by atoms with Gasteiger partial charge >= 0.3 is 0 Å². The Labute approximate surface area is 99.6 Å². The second-order valence-electron chi connectivity index (χ2n) is 4.90. The van der Waals surface area contributed by atoms with E-state index in [0.717, 1.165) is 12.8 Å². The van der Waals surface area contributed by atoms with Gasteiger partial charge in [-0.2, -0.15) is 0 Å². The molecular weight excluding hydrogens is 194 g/mol. The normalized spacial score (nSPS) is 13.9. The van der Waals surface area contributed by atoms with Gasteiger partial charge in [-0.25, -0.2) is 0 Å². The van der Waals surface area contributed by atoms with Gasteiger partial charge in [0.2, 0.25) is 0 Å². The number of hydrogen-bond acceptors (Lipinski definition) is 1. The minimum absolute atomic E-state index is 0.671. The number of benzene rings is 1. The zero-order chi connectivity index (χ0) is 12.1. The first-order chi connectivity index (χ1) is 7.52. The van der Waals surface area contributed by atoms with Crippen molar-refractivity contribution >= 4 is 5.71 Å². The molecule has 0 radical (unpaired) electrons. The molecule has 88 valence electrons. The minimum Gasteiger partial charge on any atom is -0.298 e. The highest BCUT2D eigenvalue weighted by Gasteiger charge is 2.07. The molecule has 0 saturated heterocycles. The van der Waals surface area contributed by atoms with Gasteiger partial charge in [-0.3, -0.25) is 4.99 Å². The number of rotatable bonds is 4. The molecule has 0 aliphatic carbocycles. The van der Waals surface area contributed by atoms with Crippen LogP contribution < -0.4 is 0 Å². The molecule has 0 fully saturated rings. The summed E-state index contributed by atoms with van der Waals surface area (Å²) in [4.78, 5) is 4.23. The summed E-state index contributed by atoms with van der Waals surface area (Å²) < 4.78 is 0. The summed E-state index contributed by atoms with van der Waals surface area (Å²) in [6.45, 7) is 8.77. The van der Waals surface area contributed by atoms with E-state index in [2.05, 4.69) is 50.9 Å². The Morgan fingerprint density at radius 2 is 2.00 bits per heavy atom. The molecule has 0 spiro atoms. The second kappa shape index (κ2) is 5.83. The first-order valence-electron chi connectivity index (χ1n) is 6.01. The molecule has 1 nitrogen and oxygen atoms in total. The Morgan fingerprint density at radius 1 is 1.31 bits per heavy atom. The number of aryl methyl sites for hydroxylation is 2. The van der Waals surface area contributed by atoms with Gasteiger partial charge in [-0.15, -0.1) is 0 Å². The predicted molar refractivity (Wildman–Crippen MR) is 72.4 cm³/mol. The summed E-state index contributed by atoms with van der Waals surface area (Å²) in [6, 6.07) is 6.71. The van der Waals surface area contributed by atoms with E-state index in [9.17, 15) is 0 Å². The van der Waals surface area contributed by atoms with Gasteiger partial charge in [-0.1, -0.05) is 30.7 Å². The standard InChI is InChI=1S/C15H23N/c1-11-6-7-13(3)15(9-11)10-12(2)8-14(4)16-5/h6-7,9,12H,8,10H2,1-5H3. The Kier molecular flexibility index (Phi) is 4.72. The van der Waals surface area contributed by atoms with Crippen LogP contribution in [0.15, 0.2) is 23.2 Å². The highest BCUT2D eigenvalue weighted by atomic mass is 14.7. The van der Waals surface area contributed by atoms with E-state index in [1.807, 2.05) is 7.05 Å². The Balaban J connectivity index is 2.69. The fourth-order valence-corrected chi connectivity index (χ4v) is 2.06. The summed E-state index contributed by atoms with van der Waals surface area (Å²) in [7, 11) is 1.87. The first-order valence-corrected chi connectivity index (χ1v) is 6.01. The average Bonchev–Trinajstić information content (AvgIpc) is 2.23. The largest absolute Gasteiger partial charge is 0.298 e. The van der Waals surface area contributed by atoms with Gasteiger partial charge in [0.1, 0.15) is 0 Å². The Morgan fingerprint density at radius 3 is 2.62 bits per heavy atom. The molecule has 0 aromatic heterocycles. The highest BCUT2D eigenvalue weighted by Crippen LogP contribution is 2.17. The molecule has 0 N–H and O–H groups in total. The van der Waals surface area contributed by atoms with Crippen molar-refractivity contribution in [3.05, 3.63) is 34.9 Å². The molecule has 1 rings (SSSR count). The van der Waals surface area contributed by atoms with Crippen LogP contribution in [0.3, 0.4) is 0 Å². The SMILES string of the molecule is CN=C(C)CC(C)Cc1cc(C)ccc1C. The van der Waals surface area contributed by atoms with Crippen LogP contribution in [0.25, 0.3) is 0 Å². The van der Waals surface area contributed by atoms with Gasteiger partial charge in [0.25, 0.3) is 0 Å². The van der Waals surface area contributed by atoms with Crippen molar-refractivity contribution in [3.8, 4) is 0 Å². The van der Waals surface area contributed by atoms with Gasteiger partial charge in [0, 0.05) is 12.8 Å². The zero-order valence-corrected chi connectivity index (χ0v) is 11.2. The summed E-state index contributed by atoms with van der Waals surface area (Å²) in [5, 5.41) is 0. The topological polar surface area (TPSA) is 12.4 Å². The molecule has 0 bridgehead atoms. The van der Waals surface area contributed by atoms with Crippen molar-refractivity contribution in [2.75, 3.05) is 7.05 Å². The van der Waals surface area contributed by atoms with E-state index in [1.54, 1.807) is 0 Å². The minimum atomic E-state index is 0.671. The maximum atomic E-state index is 4.23. The van der Waals surface area contributed by atoms with Crippen LogP contribution in [0, 0.1) is 19.8 Å². The van der Waals surface area contributed by atoms with E-state index in [4.69, 9.17) is 0 Å². The Bertz CT molecular complexity index is 377. The van der Waals surface area contributed by atoms with Crippen molar-refractivity contribution in [2.45, 2.75) is 40.5 Å². The zero-order valence-electron chi connectivity index (χ0n) is 11.2. The van der Waals surface area contributed by atoms with Gasteiger partial charge in [0.05, 0.1) is 0 Å². The fraction of sp³-hybridized carbons (Fsp3) is 0.533. The van der Waals surface area contributed by atoms with Crippen molar-refractivity contribution in [1.82, 2.24) is 0 Å². The molecule has 0 saturated carbocycles. The van der Waals surface area contributed by atoms with Crippen LogP contribution in [0.4, 0.5) is 0 Å². The van der Waals surface area contributed by atoms with Crippen molar-refractivity contribution < 1.29 is 0 Å². The van der Waals surface area contributed by atoms with Crippen molar-refractivity contribution in [1.29, 1.82) is 0 Å². The van der Waals surface area contributed by atoms with Gasteiger partial charge < -0.3 is 0 Å².